The van der Waals surface area contributed by atoms with Crippen LogP contribution in [0.5, 0.6) is 0 Å². The number of hydrogen-bond donors (Lipinski definition) is 0. The van der Waals surface area contributed by atoms with Crippen LogP contribution in [-0.4, -0.2) is 43.3 Å². The van der Waals surface area contributed by atoms with Gasteiger partial charge in [0.25, 0.3) is 5.92 Å². The second-order valence-corrected chi connectivity index (χ2v) is 5.61. The minimum absolute atomic E-state index is 0.117. The van der Waals surface area contributed by atoms with Crippen molar-refractivity contribution in [2.75, 3.05) is 13.2 Å². The zero-order valence-corrected chi connectivity index (χ0v) is 10.8. The van der Waals surface area contributed by atoms with Crippen LogP contribution in [0.15, 0.2) is 0 Å². The van der Waals surface area contributed by atoms with E-state index in [-0.39, 0.29) is 13.0 Å². The molecule has 0 aromatic carbocycles. The fraction of sp³-hybridized carbons (Fsp3) is 0.833. The first kappa shape index (κ1) is 14.2. The molecule has 0 aromatic heterocycles. The standard InChI is InChI=1S/C12H16F2O5/c1-11(2)5-18-10(16)8(11)19-9(15)7-3-4-12(13,14)6-17-7/h7-8H,3-6H2,1-2H3/t7-,8+/m1/s1. The number of alkyl halides is 2. The number of halogens is 2. The summed E-state index contributed by atoms with van der Waals surface area (Å²) in [6.07, 6.45) is -2.59. The highest BCUT2D eigenvalue weighted by Crippen LogP contribution is 2.33. The molecule has 108 valence electrons. The topological polar surface area (TPSA) is 61.8 Å². The summed E-state index contributed by atoms with van der Waals surface area (Å²) < 4.78 is 40.4. The molecular formula is C12H16F2O5. The number of hydrogen-bond acceptors (Lipinski definition) is 5. The third-order valence-electron chi connectivity index (χ3n) is 3.28. The minimum atomic E-state index is -2.90. The lowest BCUT2D eigenvalue weighted by atomic mass is 9.90. The summed E-state index contributed by atoms with van der Waals surface area (Å²) in [5.74, 6) is -4.30. The fourth-order valence-corrected chi connectivity index (χ4v) is 2.03. The number of ether oxygens (including phenoxy) is 3. The van der Waals surface area contributed by atoms with Gasteiger partial charge in [-0.05, 0) is 6.42 Å². The van der Waals surface area contributed by atoms with Crippen molar-refractivity contribution >= 4 is 11.9 Å². The molecular weight excluding hydrogens is 262 g/mol. The fourth-order valence-electron chi connectivity index (χ4n) is 2.03. The van der Waals surface area contributed by atoms with Gasteiger partial charge in [-0.25, -0.2) is 18.4 Å². The molecule has 19 heavy (non-hydrogen) atoms. The lowest BCUT2D eigenvalue weighted by molar-refractivity contribution is -0.189. The van der Waals surface area contributed by atoms with Crippen molar-refractivity contribution < 1.29 is 32.6 Å². The predicted octanol–water partition coefficient (Wildman–Crippen LogP) is 1.30. The smallest absolute Gasteiger partial charge is 0.348 e. The highest BCUT2D eigenvalue weighted by Gasteiger charge is 2.48. The van der Waals surface area contributed by atoms with E-state index >= 15 is 0 Å². The summed E-state index contributed by atoms with van der Waals surface area (Å²) in [7, 11) is 0. The van der Waals surface area contributed by atoms with Gasteiger partial charge in [0.15, 0.2) is 6.10 Å². The van der Waals surface area contributed by atoms with Gasteiger partial charge in [0.05, 0.1) is 0 Å². The van der Waals surface area contributed by atoms with Crippen LogP contribution in [0.3, 0.4) is 0 Å². The number of rotatable bonds is 2. The molecule has 2 saturated heterocycles. The second-order valence-electron chi connectivity index (χ2n) is 5.61. The first-order valence-corrected chi connectivity index (χ1v) is 6.08. The van der Waals surface area contributed by atoms with E-state index in [4.69, 9.17) is 14.2 Å². The van der Waals surface area contributed by atoms with E-state index < -0.39 is 48.5 Å². The van der Waals surface area contributed by atoms with E-state index in [1.54, 1.807) is 13.8 Å². The van der Waals surface area contributed by atoms with Gasteiger partial charge in [0.1, 0.15) is 13.2 Å². The molecule has 0 unspecified atom stereocenters. The molecule has 0 aromatic rings. The largest absolute Gasteiger partial charge is 0.462 e. The summed E-state index contributed by atoms with van der Waals surface area (Å²) in [6.45, 7) is 2.82. The molecule has 2 fully saturated rings. The lowest BCUT2D eigenvalue weighted by Gasteiger charge is -2.29. The van der Waals surface area contributed by atoms with E-state index in [0.29, 0.717) is 0 Å². The maximum Gasteiger partial charge on any atom is 0.348 e. The maximum absolute atomic E-state index is 12.9. The molecule has 2 aliphatic heterocycles. The molecule has 0 aliphatic carbocycles. The average molecular weight is 278 g/mol. The third kappa shape index (κ3) is 3.02. The zero-order chi connectivity index (χ0) is 14.3. The highest BCUT2D eigenvalue weighted by atomic mass is 19.3. The second kappa shape index (κ2) is 4.70. The van der Waals surface area contributed by atoms with Crippen molar-refractivity contribution in [1.82, 2.24) is 0 Å². The molecule has 2 heterocycles. The van der Waals surface area contributed by atoms with Gasteiger partial charge in [-0.1, -0.05) is 13.8 Å². The number of carbonyl (C=O) groups excluding carboxylic acids is 2. The van der Waals surface area contributed by atoms with Crippen LogP contribution in [0, 0.1) is 5.41 Å². The van der Waals surface area contributed by atoms with E-state index in [1.165, 1.54) is 0 Å². The van der Waals surface area contributed by atoms with Crippen LogP contribution in [-0.2, 0) is 23.8 Å². The van der Waals surface area contributed by atoms with Crippen LogP contribution in [0.1, 0.15) is 26.7 Å². The number of carbonyl (C=O) groups is 2. The molecule has 7 heteroatoms. The SMILES string of the molecule is CC1(C)COC(=O)[C@@H]1OC(=O)[C@H]1CCC(F)(F)CO1. The van der Waals surface area contributed by atoms with Crippen LogP contribution in [0.4, 0.5) is 8.78 Å². The van der Waals surface area contributed by atoms with Gasteiger partial charge in [-0.3, -0.25) is 0 Å². The number of cyclic esters (lactones) is 1. The van der Waals surface area contributed by atoms with Crippen molar-refractivity contribution in [3.8, 4) is 0 Å². The number of esters is 2. The Labute approximate surface area is 109 Å². The van der Waals surface area contributed by atoms with Gasteiger partial charge in [0.2, 0.25) is 6.10 Å². The van der Waals surface area contributed by atoms with Crippen LogP contribution >= 0.6 is 0 Å². The van der Waals surface area contributed by atoms with Crippen molar-refractivity contribution in [3.63, 3.8) is 0 Å². The van der Waals surface area contributed by atoms with E-state index in [0.717, 1.165) is 0 Å². The Morgan fingerprint density at radius 2 is 2.05 bits per heavy atom. The molecule has 0 N–H and O–H groups in total. The monoisotopic (exact) mass is 278 g/mol. The molecule has 0 amide bonds. The van der Waals surface area contributed by atoms with E-state index in [2.05, 4.69) is 0 Å². The highest BCUT2D eigenvalue weighted by molar-refractivity contribution is 5.83. The summed E-state index contributed by atoms with van der Waals surface area (Å²) in [4.78, 5) is 23.2. The van der Waals surface area contributed by atoms with Crippen molar-refractivity contribution in [1.29, 1.82) is 0 Å². The summed E-state index contributed by atoms with van der Waals surface area (Å²) >= 11 is 0. The first-order chi connectivity index (χ1) is 8.71. The molecule has 0 bridgehead atoms. The molecule has 2 rings (SSSR count). The Balaban J connectivity index is 1.93. The zero-order valence-electron chi connectivity index (χ0n) is 10.8. The molecule has 5 nitrogen and oxygen atoms in total. The minimum Gasteiger partial charge on any atom is -0.462 e. The van der Waals surface area contributed by atoms with Gasteiger partial charge in [-0.2, -0.15) is 0 Å². The lowest BCUT2D eigenvalue weighted by Crippen LogP contribution is -2.43. The van der Waals surface area contributed by atoms with Gasteiger partial charge >= 0.3 is 11.9 Å². The Morgan fingerprint density at radius 1 is 1.37 bits per heavy atom. The van der Waals surface area contributed by atoms with Crippen LogP contribution in [0.2, 0.25) is 0 Å². The molecule has 0 spiro atoms. The molecule has 0 saturated carbocycles. The summed E-state index contributed by atoms with van der Waals surface area (Å²) in [6, 6.07) is 0. The van der Waals surface area contributed by atoms with Gasteiger partial charge in [-0.15, -0.1) is 0 Å². The summed E-state index contributed by atoms with van der Waals surface area (Å²) in [5.41, 5.74) is -0.620. The summed E-state index contributed by atoms with van der Waals surface area (Å²) in [5, 5.41) is 0. The Bertz CT molecular complexity index is 384. The van der Waals surface area contributed by atoms with Crippen LogP contribution < -0.4 is 0 Å². The molecule has 2 aliphatic rings. The Kier molecular flexibility index (Phi) is 3.51. The van der Waals surface area contributed by atoms with Gasteiger partial charge < -0.3 is 14.2 Å². The quantitative estimate of drug-likeness (QED) is 0.712. The van der Waals surface area contributed by atoms with Crippen molar-refractivity contribution in [2.45, 2.75) is 44.8 Å². The third-order valence-corrected chi connectivity index (χ3v) is 3.28. The molecule has 0 radical (unpaired) electrons. The van der Waals surface area contributed by atoms with Crippen LogP contribution in [0.25, 0.3) is 0 Å². The maximum atomic E-state index is 12.9. The van der Waals surface area contributed by atoms with Crippen molar-refractivity contribution in [2.24, 2.45) is 5.41 Å². The predicted molar refractivity (Wildman–Crippen MR) is 58.5 cm³/mol. The van der Waals surface area contributed by atoms with Crippen molar-refractivity contribution in [3.05, 3.63) is 0 Å². The van der Waals surface area contributed by atoms with E-state index in [9.17, 15) is 18.4 Å². The normalized spacial score (nSPS) is 32.7. The average Bonchev–Trinajstić information content (AvgIpc) is 2.56. The van der Waals surface area contributed by atoms with E-state index in [1.807, 2.05) is 0 Å². The Hall–Kier alpha value is -1.24. The Morgan fingerprint density at radius 3 is 2.53 bits per heavy atom. The van der Waals surface area contributed by atoms with Gasteiger partial charge in [0, 0.05) is 11.8 Å². The molecule has 2 atom stereocenters. The first-order valence-electron chi connectivity index (χ1n) is 6.08.